The highest BCUT2D eigenvalue weighted by molar-refractivity contribution is 8.00. The predicted molar refractivity (Wildman–Crippen MR) is 124 cm³/mol. The van der Waals surface area contributed by atoms with Gasteiger partial charge in [0.1, 0.15) is 5.03 Å². The maximum atomic E-state index is 12.4. The number of ether oxygens (including phenoxy) is 2. The third kappa shape index (κ3) is 5.67. The lowest BCUT2D eigenvalue weighted by Crippen LogP contribution is -2.14. The summed E-state index contributed by atoms with van der Waals surface area (Å²) in [5.41, 5.74) is 3.12. The summed E-state index contributed by atoms with van der Waals surface area (Å²) in [6, 6.07) is 12.8. The van der Waals surface area contributed by atoms with Gasteiger partial charge in [-0.2, -0.15) is 0 Å². The minimum Gasteiger partial charge on any atom is -0.493 e. The van der Waals surface area contributed by atoms with E-state index in [2.05, 4.69) is 10.6 Å². The van der Waals surface area contributed by atoms with Gasteiger partial charge in [0.15, 0.2) is 11.5 Å². The van der Waals surface area contributed by atoms with Crippen LogP contribution in [-0.4, -0.2) is 36.8 Å². The number of aryl methyl sites for hydroxylation is 1. The van der Waals surface area contributed by atoms with Crippen molar-refractivity contribution in [2.75, 3.05) is 30.6 Å². The van der Waals surface area contributed by atoms with Crippen molar-refractivity contribution in [3.63, 3.8) is 0 Å². The van der Waals surface area contributed by atoms with Crippen molar-refractivity contribution in [1.82, 2.24) is 4.98 Å². The first-order valence-corrected chi connectivity index (χ1v) is 10.8. The monoisotopic (exact) mass is 439 g/mol. The molecule has 2 N–H and O–H groups in total. The van der Waals surface area contributed by atoms with Crippen LogP contribution < -0.4 is 20.1 Å². The Morgan fingerprint density at radius 3 is 2.10 bits per heavy atom. The number of fused-ring (bicyclic) bond motifs is 1. The van der Waals surface area contributed by atoms with Gasteiger partial charge in [0, 0.05) is 29.2 Å². The van der Waals surface area contributed by atoms with Gasteiger partial charge in [-0.25, -0.2) is 4.98 Å². The molecule has 3 rings (SSSR count). The third-order valence-corrected chi connectivity index (χ3v) is 5.67. The Bertz CT molecular complexity index is 1100. The van der Waals surface area contributed by atoms with Crippen LogP contribution in [0.15, 0.2) is 47.5 Å². The Morgan fingerprint density at radius 1 is 0.935 bits per heavy atom. The van der Waals surface area contributed by atoms with Crippen molar-refractivity contribution in [3.05, 3.63) is 48.0 Å². The molecule has 0 radical (unpaired) electrons. The van der Waals surface area contributed by atoms with Crippen LogP contribution in [0.5, 0.6) is 11.5 Å². The van der Waals surface area contributed by atoms with Gasteiger partial charge < -0.3 is 20.1 Å². The van der Waals surface area contributed by atoms with Crippen LogP contribution in [-0.2, 0) is 9.59 Å². The molecule has 0 unspecified atom stereocenters. The molecule has 7 nitrogen and oxygen atoms in total. The number of nitrogens with zero attached hydrogens (tertiary/aromatic N) is 1. The summed E-state index contributed by atoms with van der Waals surface area (Å²) in [5, 5.41) is 7.36. The molecule has 0 saturated carbocycles. The van der Waals surface area contributed by atoms with Crippen LogP contribution in [0.4, 0.5) is 11.4 Å². The molecular formula is C23H25N3O4S. The summed E-state index contributed by atoms with van der Waals surface area (Å²) in [6.45, 7) is 3.76. The van der Waals surface area contributed by atoms with Gasteiger partial charge in [-0.3, -0.25) is 9.59 Å². The third-order valence-electron chi connectivity index (χ3n) is 4.58. The summed E-state index contributed by atoms with van der Waals surface area (Å²) in [5.74, 6) is 1.29. The molecule has 162 valence electrons. The van der Waals surface area contributed by atoms with E-state index in [1.165, 1.54) is 11.8 Å². The summed E-state index contributed by atoms with van der Waals surface area (Å²) in [6.07, 6.45) is 0.415. The van der Waals surface area contributed by atoms with Crippen molar-refractivity contribution < 1.29 is 19.1 Å². The zero-order valence-corrected chi connectivity index (χ0v) is 18.8. The highest BCUT2D eigenvalue weighted by atomic mass is 32.2. The molecule has 0 aliphatic carbocycles. The Kier molecular flexibility index (Phi) is 7.36. The number of aromatic nitrogens is 1. The van der Waals surface area contributed by atoms with Gasteiger partial charge >= 0.3 is 0 Å². The largest absolute Gasteiger partial charge is 0.493 e. The fourth-order valence-electron chi connectivity index (χ4n) is 2.95. The lowest BCUT2D eigenvalue weighted by Gasteiger charge is -2.11. The van der Waals surface area contributed by atoms with E-state index in [1.54, 1.807) is 45.4 Å². The first kappa shape index (κ1) is 22.4. The zero-order valence-electron chi connectivity index (χ0n) is 17.9. The number of thioether (sulfide) groups is 1. The van der Waals surface area contributed by atoms with Crippen LogP contribution >= 0.6 is 11.8 Å². The number of amides is 2. The number of rotatable bonds is 8. The SMILES string of the molecule is CCC(=O)Nc1ccc(NC(=O)CSc2nc3cc(OC)c(OC)cc3cc2C)cc1. The molecule has 0 bridgehead atoms. The van der Waals surface area contributed by atoms with E-state index in [0.717, 1.165) is 21.5 Å². The molecule has 1 heterocycles. The topological polar surface area (TPSA) is 89.6 Å². The number of pyridine rings is 1. The Hall–Kier alpha value is -3.26. The summed E-state index contributed by atoms with van der Waals surface area (Å²) < 4.78 is 10.7. The van der Waals surface area contributed by atoms with Gasteiger partial charge in [0.2, 0.25) is 11.8 Å². The van der Waals surface area contributed by atoms with E-state index < -0.39 is 0 Å². The average Bonchev–Trinajstić information content (AvgIpc) is 2.78. The molecule has 31 heavy (non-hydrogen) atoms. The van der Waals surface area contributed by atoms with Crippen LogP contribution in [0.1, 0.15) is 18.9 Å². The van der Waals surface area contributed by atoms with Crippen molar-refractivity contribution in [3.8, 4) is 11.5 Å². The standard InChI is InChI=1S/C23H25N3O4S/c1-5-21(27)24-16-6-8-17(9-7-16)25-22(28)13-31-23-14(2)10-15-11-19(29-3)20(30-4)12-18(15)26-23/h6-12H,5,13H2,1-4H3,(H,24,27)(H,25,28). The highest BCUT2D eigenvalue weighted by Gasteiger charge is 2.12. The fraction of sp³-hybridized carbons (Fsp3) is 0.261. The predicted octanol–water partition coefficient (Wildman–Crippen LogP) is 4.64. The molecule has 2 amide bonds. The van der Waals surface area contributed by atoms with E-state index in [9.17, 15) is 9.59 Å². The quantitative estimate of drug-likeness (QED) is 0.497. The normalized spacial score (nSPS) is 10.6. The van der Waals surface area contributed by atoms with Gasteiger partial charge in [0.05, 0.1) is 25.5 Å². The molecule has 0 fully saturated rings. The number of nitrogens with one attached hydrogen (secondary N) is 2. The Morgan fingerprint density at radius 2 is 1.52 bits per heavy atom. The molecule has 8 heteroatoms. The van der Waals surface area contributed by atoms with E-state index >= 15 is 0 Å². The number of methoxy groups -OCH3 is 2. The van der Waals surface area contributed by atoms with Crippen LogP contribution in [0, 0.1) is 6.92 Å². The highest BCUT2D eigenvalue weighted by Crippen LogP contribution is 2.33. The Labute approximate surface area is 185 Å². The van der Waals surface area contributed by atoms with Crippen molar-refractivity contribution in [1.29, 1.82) is 0 Å². The molecule has 0 aliphatic rings. The summed E-state index contributed by atoms with van der Waals surface area (Å²) >= 11 is 1.37. The zero-order chi connectivity index (χ0) is 22.4. The molecule has 0 spiro atoms. The van der Waals surface area contributed by atoms with Crippen LogP contribution in [0.3, 0.4) is 0 Å². The minimum atomic E-state index is -0.135. The van der Waals surface area contributed by atoms with E-state index in [0.29, 0.717) is 29.3 Å². The van der Waals surface area contributed by atoms with Crippen LogP contribution in [0.2, 0.25) is 0 Å². The Balaban J connectivity index is 1.65. The van der Waals surface area contributed by atoms with E-state index in [4.69, 9.17) is 14.5 Å². The number of hydrogen-bond donors (Lipinski definition) is 2. The van der Waals surface area contributed by atoms with Gasteiger partial charge in [-0.1, -0.05) is 18.7 Å². The number of carbonyl (C=O) groups is 2. The molecule has 1 aromatic heterocycles. The maximum absolute atomic E-state index is 12.4. The molecule has 0 aliphatic heterocycles. The van der Waals surface area contributed by atoms with Gasteiger partial charge in [-0.15, -0.1) is 0 Å². The van der Waals surface area contributed by atoms with Gasteiger partial charge in [0.25, 0.3) is 0 Å². The molecule has 2 aromatic carbocycles. The van der Waals surface area contributed by atoms with Crippen LogP contribution in [0.25, 0.3) is 10.9 Å². The minimum absolute atomic E-state index is 0.0532. The lowest BCUT2D eigenvalue weighted by atomic mass is 10.1. The molecule has 0 atom stereocenters. The second-order valence-corrected chi connectivity index (χ2v) is 7.79. The van der Waals surface area contributed by atoms with Crippen molar-refractivity contribution in [2.45, 2.75) is 25.3 Å². The van der Waals surface area contributed by atoms with Crippen molar-refractivity contribution >= 4 is 45.9 Å². The second-order valence-electron chi connectivity index (χ2n) is 6.83. The molecule has 3 aromatic rings. The maximum Gasteiger partial charge on any atom is 0.234 e. The number of hydrogen-bond acceptors (Lipinski definition) is 6. The lowest BCUT2D eigenvalue weighted by molar-refractivity contribution is -0.116. The average molecular weight is 440 g/mol. The van der Waals surface area contributed by atoms with Crippen molar-refractivity contribution in [2.24, 2.45) is 0 Å². The summed E-state index contributed by atoms with van der Waals surface area (Å²) in [4.78, 5) is 28.5. The van der Waals surface area contributed by atoms with Gasteiger partial charge in [-0.05, 0) is 48.9 Å². The first-order chi connectivity index (χ1) is 14.9. The first-order valence-electron chi connectivity index (χ1n) is 9.79. The van der Waals surface area contributed by atoms with E-state index in [1.807, 2.05) is 25.1 Å². The smallest absolute Gasteiger partial charge is 0.234 e. The fourth-order valence-corrected chi connectivity index (χ4v) is 3.74. The number of anilines is 2. The van der Waals surface area contributed by atoms with E-state index in [-0.39, 0.29) is 17.6 Å². The number of carbonyl (C=O) groups excluding carboxylic acids is 2. The molecule has 0 saturated heterocycles. The molecular weight excluding hydrogens is 414 g/mol. The second kappa shape index (κ2) is 10.2. The summed E-state index contributed by atoms with van der Waals surface area (Å²) in [7, 11) is 3.18. The number of benzene rings is 2.